The first kappa shape index (κ1) is 39.6. The molecule has 6 rings (SSSR count). The molecule has 0 saturated heterocycles. The van der Waals surface area contributed by atoms with Crippen LogP contribution in [0, 0.1) is 24.5 Å². The molecule has 4 heterocycles. The van der Waals surface area contributed by atoms with Crippen LogP contribution < -0.4 is 10.6 Å². The van der Waals surface area contributed by atoms with Crippen LogP contribution in [0.25, 0.3) is 22.4 Å². The summed E-state index contributed by atoms with van der Waals surface area (Å²) in [5.74, 6) is -3.68. The van der Waals surface area contributed by atoms with E-state index in [-0.39, 0.29) is 63.4 Å². The van der Waals surface area contributed by atoms with Crippen LogP contribution in [0.1, 0.15) is 61.1 Å². The number of nitrogens with zero attached hydrogens (tertiary/aromatic N) is 6. The highest BCUT2D eigenvalue weighted by Crippen LogP contribution is 2.32. The van der Waals surface area contributed by atoms with Crippen LogP contribution >= 0.6 is 0 Å². The van der Waals surface area contributed by atoms with Gasteiger partial charge in [-0.25, -0.2) is 45.7 Å². The Hall–Kier alpha value is -6.04. The summed E-state index contributed by atoms with van der Waals surface area (Å²) in [6.45, 7) is 4.97. The van der Waals surface area contributed by atoms with E-state index >= 15 is 4.39 Å². The molecule has 3 N–H and O–H groups in total. The molecule has 15 nitrogen and oxygen atoms in total. The minimum atomic E-state index is -4.17. The summed E-state index contributed by atoms with van der Waals surface area (Å²) in [5, 5.41) is 15.6. The van der Waals surface area contributed by atoms with Gasteiger partial charge in [0.25, 0.3) is 15.9 Å². The van der Waals surface area contributed by atoms with E-state index < -0.39 is 45.7 Å². The lowest BCUT2D eigenvalue weighted by atomic mass is 9.91. The fourth-order valence-electron chi connectivity index (χ4n) is 6.69. The van der Waals surface area contributed by atoms with Gasteiger partial charge >= 0.3 is 12.1 Å². The van der Waals surface area contributed by atoms with Gasteiger partial charge in [-0.2, -0.15) is 0 Å². The predicted molar refractivity (Wildman–Crippen MR) is 200 cm³/mol. The van der Waals surface area contributed by atoms with E-state index in [9.17, 15) is 32.3 Å². The topological polar surface area (TPSA) is 199 Å². The summed E-state index contributed by atoms with van der Waals surface area (Å²) in [6, 6.07) is 8.66. The number of nitrogens with one attached hydrogen (secondary N) is 2. The monoisotopic (exact) mass is 790 g/mol. The lowest BCUT2D eigenvalue weighted by Crippen LogP contribution is -2.45. The van der Waals surface area contributed by atoms with Gasteiger partial charge in [0.15, 0.2) is 23.1 Å². The third-order valence-corrected chi connectivity index (χ3v) is 11.2. The number of aromatic nitrogens is 5. The van der Waals surface area contributed by atoms with Gasteiger partial charge in [-0.05, 0) is 74.4 Å². The number of likely N-dealkylation sites (N-methyl/N-ethyl adjacent to an activating group) is 1. The zero-order valence-corrected chi connectivity index (χ0v) is 31.8. The van der Waals surface area contributed by atoms with Crippen LogP contribution in [0.4, 0.5) is 19.4 Å². The highest BCUT2D eigenvalue weighted by atomic mass is 32.2. The summed E-state index contributed by atoms with van der Waals surface area (Å²) >= 11 is 0. The molecule has 56 heavy (non-hydrogen) atoms. The number of anilines is 1. The maximum atomic E-state index is 15.2. The van der Waals surface area contributed by atoms with Crippen molar-refractivity contribution in [3.63, 3.8) is 0 Å². The number of carboxylic acid groups (broad SMARTS) is 1. The summed E-state index contributed by atoms with van der Waals surface area (Å²) in [4.78, 5) is 55.1. The molecule has 1 fully saturated rings. The van der Waals surface area contributed by atoms with Gasteiger partial charge in [-0.1, -0.05) is 31.5 Å². The van der Waals surface area contributed by atoms with Crippen molar-refractivity contribution < 1.29 is 41.4 Å². The molecule has 3 atom stereocenters. The second-order valence-corrected chi connectivity index (χ2v) is 15.8. The van der Waals surface area contributed by atoms with Crippen molar-refractivity contribution in [3.05, 3.63) is 95.7 Å². The fourth-order valence-corrected chi connectivity index (χ4v) is 8.01. The second-order valence-electron chi connectivity index (χ2n) is 14.0. The van der Waals surface area contributed by atoms with Crippen LogP contribution in [0.3, 0.4) is 0 Å². The van der Waals surface area contributed by atoms with E-state index in [1.807, 2.05) is 6.92 Å². The normalized spacial score (nSPS) is 16.3. The van der Waals surface area contributed by atoms with Crippen molar-refractivity contribution in [2.45, 2.75) is 76.1 Å². The van der Waals surface area contributed by atoms with Gasteiger partial charge in [0.1, 0.15) is 24.2 Å². The maximum Gasteiger partial charge on any atom is 0.410 e. The molecule has 0 bridgehead atoms. The molecule has 0 spiro atoms. The quantitative estimate of drug-likeness (QED) is 0.143. The molecule has 0 radical (unpaired) electrons. The number of hydrogen-bond acceptors (Lipinski definition) is 11. The first-order valence-corrected chi connectivity index (χ1v) is 19.2. The van der Waals surface area contributed by atoms with E-state index in [4.69, 9.17) is 4.74 Å². The number of ether oxygens (including phenoxy) is 1. The first-order valence-electron chi connectivity index (χ1n) is 17.8. The molecule has 294 valence electrons. The Morgan fingerprint density at radius 2 is 1.77 bits per heavy atom. The van der Waals surface area contributed by atoms with E-state index in [0.29, 0.717) is 31.2 Å². The van der Waals surface area contributed by atoms with E-state index in [1.54, 1.807) is 32.0 Å². The van der Waals surface area contributed by atoms with Gasteiger partial charge in [-0.15, -0.1) is 0 Å². The zero-order valence-electron chi connectivity index (χ0n) is 30.9. The summed E-state index contributed by atoms with van der Waals surface area (Å²) < 4.78 is 63.2. The molecular weight excluding hydrogens is 751 g/mol. The molecule has 1 saturated carbocycles. The number of benzene rings is 1. The highest BCUT2D eigenvalue weighted by molar-refractivity contribution is 7.90. The Morgan fingerprint density at radius 1 is 1.04 bits per heavy atom. The minimum absolute atomic E-state index is 0.00853. The Labute approximate surface area is 321 Å². The number of halogens is 2. The average molecular weight is 791 g/mol. The smallest absolute Gasteiger partial charge is 0.410 e. The van der Waals surface area contributed by atoms with Gasteiger partial charge in [-0.3, -0.25) is 14.7 Å². The number of carbonyl (C=O) groups excluding carboxylic acids is 2. The molecule has 1 aliphatic rings. The van der Waals surface area contributed by atoms with E-state index in [2.05, 4.69) is 30.6 Å². The lowest BCUT2D eigenvalue weighted by molar-refractivity contribution is -0.143. The molecule has 5 aromatic rings. The largest absolute Gasteiger partial charge is 0.480 e. The zero-order chi connectivity index (χ0) is 40.3. The van der Waals surface area contributed by atoms with Crippen LogP contribution in [0.5, 0.6) is 0 Å². The van der Waals surface area contributed by atoms with Crippen molar-refractivity contribution >= 4 is 44.8 Å². The lowest BCUT2D eigenvalue weighted by Gasteiger charge is -2.30. The molecule has 4 aromatic heterocycles. The summed E-state index contributed by atoms with van der Waals surface area (Å²) in [7, 11) is -2.83. The Morgan fingerprint density at radius 3 is 2.48 bits per heavy atom. The number of aliphatic carboxylic acids is 1. The number of fused-ring (bicyclic) bond motifs is 1. The third kappa shape index (κ3) is 8.59. The number of rotatable bonds is 12. The van der Waals surface area contributed by atoms with Crippen LogP contribution in [0.2, 0.25) is 0 Å². The Balaban J connectivity index is 1.14. The standard InChI is InChI=1S/C38H40F2N8O7S/c1-21(2)32(37(50)51)47(4)38(52)55-20-23-12-13-41-31(14-23)36(49)45-26-7-5-6-25(16-26)44-34-30(40)18-42-33(46-34)29-19-48(35-28(29)15-24(39)17-43-35)56(53,54)27-10-8-22(3)9-11-27/h8-15,17-19,21,25-26,32H,5-7,16,20H2,1-4H3,(H,45,49)(H,50,51)(H,42,44,46)/t25-,26+,32+/m0/s1. The molecule has 2 amide bonds. The Bertz CT molecular complexity index is 2390. The minimum Gasteiger partial charge on any atom is -0.480 e. The summed E-state index contributed by atoms with van der Waals surface area (Å²) in [5.41, 5.74) is 1.47. The number of carbonyl (C=O) groups is 3. The number of hydrogen-bond donors (Lipinski definition) is 3. The molecule has 1 aliphatic carbocycles. The number of carboxylic acids is 1. The van der Waals surface area contributed by atoms with Gasteiger partial charge in [0.2, 0.25) is 0 Å². The van der Waals surface area contributed by atoms with Crippen molar-refractivity contribution in [1.29, 1.82) is 0 Å². The third-order valence-electron chi connectivity index (χ3n) is 9.50. The molecular formula is C38H40F2N8O7S. The van der Waals surface area contributed by atoms with Gasteiger partial charge in [0, 0.05) is 42.5 Å². The van der Waals surface area contributed by atoms with Crippen LogP contribution in [-0.4, -0.2) is 85.5 Å². The predicted octanol–water partition coefficient (Wildman–Crippen LogP) is 5.54. The number of aryl methyl sites for hydroxylation is 1. The Kier molecular flexibility index (Phi) is 11.6. The van der Waals surface area contributed by atoms with E-state index in [1.165, 1.54) is 37.6 Å². The first-order chi connectivity index (χ1) is 26.6. The highest BCUT2D eigenvalue weighted by Gasteiger charge is 2.31. The molecule has 1 aromatic carbocycles. The maximum absolute atomic E-state index is 15.2. The fraction of sp³-hybridized carbons (Fsp3) is 0.342. The SMILES string of the molecule is Cc1ccc(S(=O)(=O)n2cc(-c3ncc(F)c(N[C@H]4CCC[C@@H](NC(=O)c5cc(COC(=O)N(C)[C@@H](C(=O)O)C(C)C)ccn5)C4)n3)c3cc(F)cnc32)cc1. The van der Waals surface area contributed by atoms with Gasteiger partial charge < -0.3 is 20.5 Å². The average Bonchev–Trinajstić information content (AvgIpc) is 3.54. The molecule has 18 heteroatoms. The van der Waals surface area contributed by atoms with Crippen LogP contribution in [0.15, 0.2) is 72.1 Å². The molecule has 0 aliphatic heterocycles. The molecule has 0 unspecified atom stereocenters. The van der Waals surface area contributed by atoms with Crippen molar-refractivity contribution in [2.75, 3.05) is 12.4 Å². The van der Waals surface area contributed by atoms with Gasteiger partial charge in [0.05, 0.1) is 17.3 Å². The van der Waals surface area contributed by atoms with Crippen molar-refractivity contribution in [2.24, 2.45) is 5.92 Å². The summed E-state index contributed by atoms with van der Waals surface area (Å²) in [6.07, 6.45) is 6.01. The van der Waals surface area contributed by atoms with Crippen molar-refractivity contribution in [3.8, 4) is 11.4 Å². The number of pyridine rings is 2. The second kappa shape index (κ2) is 16.4. The van der Waals surface area contributed by atoms with E-state index in [0.717, 1.165) is 32.9 Å². The number of amides is 2. The van der Waals surface area contributed by atoms with Crippen LogP contribution in [-0.2, 0) is 26.2 Å². The van der Waals surface area contributed by atoms with Crippen molar-refractivity contribution in [1.82, 2.24) is 34.1 Å².